The molecule has 3 aliphatic heterocycles. The summed E-state index contributed by atoms with van der Waals surface area (Å²) in [6.07, 6.45) is -1.62. The number of unbranched alkanes of at least 4 members (excludes halogenated alkanes) is 2. The van der Waals surface area contributed by atoms with Gasteiger partial charge in [0.05, 0.1) is 33.4 Å². The number of carbonyl (C=O) groups is 7. The molecule has 5 N–H and O–H groups in total. The number of rotatable bonds is 16. The third kappa shape index (κ3) is 9.65. The summed E-state index contributed by atoms with van der Waals surface area (Å²) in [5.74, 6) is -3.46. The zero-order chi connectivity index (χ0) is 49.7. The van der Waals surface area contributed by atoms with Crippen molar-refractivity contribution in [1.29, 1.82) is 0 Å². The highest BCUT2D eigenvalue weighted by atomic mass is 16.7. The van der Waals surface area contributed by atoms with Crippen molar-refractivity contribution in [2.24, 2.45) is 5.73 Å². The van der Waals surface area contributed by atoms with E-state index in [1.807, 2.05) is 24.3 Å². The van der Waals surface area contributed by atoms with Crippen molar-refractivity contribution < 1.29 is 57.6 Å². The van der Waals surface area contributed by atoms with Crippen LogP contribution in [0.3, 0.4) is 0 Å². The Morgan fingerprint density at radius 2 is 1.44 bits per heavy atom. The summed E-state index contributed by atoms with van der Waals surface area (Å²) in [5, 5.41) is 16.6. The van der Waals surface area contributed by atoms with Crippen LogP contribution in [0.15, 0.2) is 97.1 Å². The molecule has 70 heavy (non-hydrogen) atoms. The molecular formula is C52H58N6O12. The highest BCUT2D eigenvalue weighted by molar-refractivity contribution is 6.00. The average molecular weight is 959 g/mol. The molecule has 6 amide bonds. The zero-order valence-corrected chi connectivity index (χ0v) is 39.4. The van der Waals surface area contributed by atoms with Crippen molar-refractivity contribution >= 4 is 53.2 Å². The number of nitrogens with one attached hydrogen (secondary N) is 2. The lowest BCUT2D eigenvalue weighted by molar-refractivity contribution is -0.156. The van der Waals surface area contributed by atoms with Gasteiger partial charge in [0.2, 0.25) is 12.0 Å². The Labute approximate surface area is 405 Å². The van der Waals surface area contributed by atoms with Gasteiger partial charge in [-0.25, -0.2) is 14.4 Å². The molecule has 3 heterocycles. The van der Waals surface area contributed by atoms with Gasteiger partial charge in [-0.05, 0) is 64.9 Å². The molecule has 4 aromatic rings. The molecule has 0 radical (unpaired) electrons. The minimum atomic E-state index is -1.43. The first-order chi connectivity index (χ1) is 33.7. The fourth-order valence-electron chi connectivity index (χ4n) is 10.5. The summed E-state index contributed by atoms with van der Waals surface area (Å²) in [4.78, 5) is 98.3. The van der Waals surface area contributed by atoms with Gasteiger partial charge in [-0.2, -0.15) is 0 Å². The van der Waals surface area contributed by atoms with E-state index >= 15 is 0 Å². The summed E-state index contributed by atoms with van der Waals surface area (Å²) in [6.45, 7) is 4.26. The minimum Gasteiger partial charge on any atom is -0.465 e. The summed E-state index contributed by atoms with van der Waals surface area (Å²) >= 11 is 0. The second-order valence-corrected chi connectivity index (χ2v) is 18.1. The number of hydrogen-bond acceptors (Lipinski definition) is 11. The lowest BCUT2D eigenvalue weighted by atomic mass is 9.70. The number of methoxy groups -OCH3 is 1. The van der Waals surface area contributed by atoms with Crippen LogP contribution in [0.1, 0.15) is 99.6 Å². The van der Waals surface area contributed by atoms with Crippen LogP contribution in [-0.2, 0) is 43.5 Å². The molecule has 0 aromatic heterocycles. The number of anilines is 2. The summed E-state index contributed by atoms with van der Waals surface area (Å²) in [5.41, 5.74) is 9.88. The van der Waals surface area contributed by atoms with Crippen LogP contribution in [-0.4, -0.2) is 108 Å². The third-order valence-electron chi connectivity index (χ3n) is 13.8. The molecular weight excluding hydrogens is 901 g/mol. The number of primary amides is 1. The molecule has 18 heteroatoms. The maximum Gasteiger partial charge on any atom is 0.413 e. The smallest absolute Gasteiger partial charge is 0.413 e. The Balaban J connectivity index is 1.14. The normalized spacial score (nSPS) is 19.2. The molecule has 18 nitrogen and oxygen atoms in total. The first-order valence-corrected chi connectivity index (χ1v) is 23.7. The van der Waals surface area contributed by atoms with Crippen LogP contribution in [0.5, 0.6) is 0 Å². The number of amides is 6. The Hall–Kier alpha value is -7.31. The SMILES string of the molecule is CCCCC1(CCCC)c2cc(NC(=O)C3CC4(CN3C(=O)[C@H](OC(N)=O)c3ccccc3)OCCO4)ccc2-c2ccc(N(C(=O)O)C3CC(=O)CN3C(=O)C(NC(=O)OC)c3ccccc3)cc21. The van der Waals surface area contributed by atoms with E-state index in [4.69, 9.17) is 24.7 Å². The van der Waals surface area contributed by atoms with Crippen LogP contribution >= 0.6 is 0 Å². The summed E-state index contributed by atoms with van der Waals surface area (Å²) in [7, 11) is 1.17. The van der Waals surface area contributed by atoms with Gasteiger partial charge in [-0.1, -0.05) is 112 Å². The molecule has 368 valence electrons. The maximum atomic E-state index is 14.6. The van der Waals surface area contributed by atoms with Gasteiger partial charge in [0.25, 0.3) is 11.8 Å². The molecule has 3 unspecified atom stereocenters. The first-order valence-electron chi connectivity index (χ1n) is 23.7. The molecule has 1 aliphatic carbocycles. The van der Waals surface area contributed by atoms with Crippen LogP contribution in [0.4, 0.5) is 25.8 Å². The Kier molecular flexibility index (Phi) is 14.5. The molecule has 3 saturated heterocycles. The van der Waals surface area contributed by atoms with Crippen molar-refractivity contribution in [2.75, 3.05) is 43.6 Å². The van der Waals surface area contributed by atoms with Crippen LogP contribution in [0.2, 0.25) is 0 Å². The number of fused-ring (bicyclic) bond motifs is 3. The fourth-order valence-corrected chi connectivity index (χ4v) is 10.5. The van der Waals surface area contributed by atoms with Crippen LogP contribution < -0.4 is 21.3 Å². The topological polar surface area (TPSA) is 236 Å². The number of carbonyl (C=O) groups excluding carboxylic acids is 6. The van der Waals surface area contributed by atoms with Gasteiger partial charge in [-0.15, -0.1) is 0 Å². The second kappa shape index (κ2) is 20.7. The predicted molar refractivity (Wildman–Crippen MR) is 255 cm³/mol. The summed E-state index contributed by atoms with van der Waals surface area (Å²) in [6, 6.07) is 25.5. The van der Waals surface area contributed by atoms with E-state index in [2.05, 4.69) is 24.5 Å². The van der Waals surface area contributed by atoms with E-state index in [9.17, 15) is 38.7 Å². The van der Waals surface area contributed by atoms with Crippen molar-refractivity contribution in [3.63, 3.8) is 0 Å². The van der Waals surface area contributed by atoms with Gasteiger partial charge < -0.3 is 50.2 Å². The predicted octanol–water partition coefficient (Wildman–Crippen LogP) is 7.16. The standard InChI is InChI=1S/C52H58N6O12/c1-4-6-22-51(23-7-5-2)39-26-34(54-45(60)41-29-52(68-24-25-69-52)31-57(41)47(62)44(70-48(53)63)33-16-12-9-13-17-33)18-20-37(39)38-21-19-35(27-40(38)51)58(50(65)66)42-28-36(59)30-56(42)46(61)43(55-49(64)67-3)32-14-10-8-11-15-32/h8-21,26-27,41-44H,4-7,22-25,28-31H2,1-3H3,(H2,53,63)(H,54,60)(H,55,64)(H,65,66)/t41?,42?,43?,44-/m1/s1. The van der Waals surface area contributed by atoms with Crippen molar-refractivity contribution in [2.45, 2.75) is 101 Å². The molecule has 3 fully saturated rings. The van der Waals surface area contributed by atoms with E-state index in [-0.39, 0.29) is 50.6 Å². The lowest BCUT2D eigenvalue weighted by Gasteiger charge is -2.36. The van der Waals surface area contributed by atoms with Crippen molar-refractivity contribution in [1.82, 2.24) is 15.1 Å². The van der Waals surface area contributed by atoms with E-state index in [0.717, 1.165) is 52.8 Å². The van der Waals surface area contributed by atoms with Crippen LogP contribution in [0, 0.1) is 0 Å². The number of ketones is 1. The molecule has 4 aromatic carbocycles. The van der Waals surface area contributed by atoms with Gasteiger partial charge in [0, 0.05) is 35.2 Å². The van der Waals surface area contributed by atoms with Gasteiger partial charge in [0.1, 0.15) is 18.2 Å². The van der Waals surface area contributed by atoms with Crippen LogP contribution in [0.25, 0.3) is 11.1 Å². The molecule has 4 atom stereocenters. The number of ether oxygens (including phenoxy) is 4. The van der Waals surface area contributed by atoms with Gasteiger partial charge in [-0.3, -0.25) is 24.1 Å². The maximum absolute atomic E-state index is 14.6. The van der Waals surface area contributed by atoms with Gasteiger partial charge in [0.15, 0.2) is 11.6 Å². The number of nitrogens with two attached hydrogens (primary N) is 1. The quantitative estimate of drug-likeness (QED) is 0.0876. The Morgan fingerprint density at radius 3 is 2.04 bits per heavy atom. The van der Waals surface area contributed by atoms with Crippen molar-refractivity contribution in [3.8, 4) is 11.1 Å². The highest BCUT2D eigenvalue weighted by Gasteiger charge is 2.54. The number of benzene rings is 4. The lowest BCUT2D eigenvalue weighted by Crippen LogP contribution is -2.53. The Morgan fingerprint density at radius 1 is 0.829 bits per heavy atom. The minimum absolute atomic E-state index is 0.0170. The number of hydrogen-bond donors (Lipinski definition) is 4. The monoisotopic (exact) mass is 958 g/mol. The number of nitrogens with zero attached hydrogens (tertiary/aromatic N) is 3. The molecule has 0 bridgehead atoms. The number of likely N-dealkylation sites (tertiary alicyclic amines) is 2. The van der Waals surface area contributed by atoms with Gasteiger partial charge >= 0.3 is 18.3 Å². The zero-order valence-electron chi connectivity index (χ0n) is 39.4. The van der Waals surface area contributed by atoms with E-state index < -0.39 is 71.6 Å². The number of Topliss-reactive ketones (excluding diaryl/α,β-unsaturated/α-hetero) is 1. The number of alkyl carbamates (subject to hydrolysis) is 1. The Bertz CT molecular complexity index is 2630. The summed E-state index contributed by atoms with van der Waals surface area (Å²) < 4.78 is 22.2. The molecule has 4 aliphatic rings. The molecule has 1 spiro atoms. The largest absolute Gasteiger partial charge is 0.465 e. The fraction of sp³-hybridized carbons (Fsp3) is 0.404. The first kappa shape index (κ1) is 49.1. The molecule has 8 rings (SSSR count). The highest BCUT2D eigenvalue weighted by Crippen LogP contribution is 2.56. The molecule has 0 saturated carbocycles. The number of carboxylic acid groups (broad SMARTS) is 1. The van der Waals surface area contributed by atoms with E-state index in [1.165, 1.54) is 16.9 Å². The van der Waals surface area contributed by atoms with E-state index in [1.54, 1.807) is 72.8 Å². The van der Waals surface area contributed by atoms with E-state index in [0.29, 0.717) is 29.7 Å². The second-order valence-electron chi connectivity index (χ2n) is 18.1. The average Bonchev–Trinajstić information content (AvgIpc) is 4.15. The van der Waals surface area contributed by atoms with Crippen molar-refractivity contribution in [3.05, 3.63) is 119 Å². The third-order valence-corrected chi connectivity index (χ3v) is 13.8.